The van der Waals surface area contributed by atoms with Gasteiger partial charge in [-0.3, -0.25) is 4.72 Å². The van der Waals surface area contributed by atoms with E-state index in [-0.39, 0.29) is 6.04 Å². The molecule has 3 N–H and O–H groups in total. The average Bonchev–Trinajstić information content (AvgIpc) is 3.45. The number of nitrogens with two attached hydrogens (primary N) is 1. The van der Waals surface area contributed by atoms with Crippen LogP contribution >= 0.6 is 11.6 Å². The molecule has 3 aromatic rings. The summed E-state index contributed by atoms with van der Waals surface area (Å²) in [6.07, 6.45) is 2.80. The molecule has 40 heavy (non-hydrogen) atoms. The third-order valence-electron chi connectivity index (χ3n) is 6.72. The summed E-state index contributed by atoms with van der Waals surface area (Å²) in [7, 11) is -5.07. The maximum absolute atomic E-state index is 13.1. The number of rotatable bonds is 5. The molecule has 1 heterocycles. The van der Waals surface area contributed by atoms with Gasteiger partial charge in [0.2, 0.25) is 16.0 Å². The lowest BCUT2D eigenvalue weighted by Gasteiger charge is -2.26. The van der Waals surface area contributed by atoms with Gasteiger partial charge in [-0.15, -0.1) is 0 Å². The normalized spacial score (nSPS) is 20.2. The van der Waals surface area contributed by atoms with Crippen LogP contribution in [0.2, 0.25) is 5.02 Å². The van der Waals surface area contributed by atoms with Crippen molar-refractivity contribution in [1.82, 2.24) is 9.73 Å². The van der Waals surface area contributed by atoms with Crippen LogP contribution in [0.4, 0.5) is 0 Å². The molecular weight excluding hydrogens is 566 g/mol. The van der Waals surface area contributed by atoms with Gasteiger partial charge in [-0.1, -0.05) is 77.8 Å². The Balaban J connectivity index is 0.000000546. The minimum Gasteiger partial charge on any atom is -0.270 e. The van der Waals surface area contributed by atoms with Gasteiger partial charge in [-0.25, -0.2) is 27.8 Å². The Bertz CT molecular complexity index is 1410. The molecule has 0 amide bonds. The minimum absolute atomic E-state index is 0.106. The number of aryl methyl sites for hydroxylation is 1. The van der Waals surface area contributed by atoms with Gasteiger partial charge in [0, 0.05) is 11.4 Å². The van der Waals surface area contributed by atoms with Gasteiger partial charge >= 0.3 is 0 Å². The van der Waals surface area contributed by atoms with Crippen molar-refractivity contribution in [2.24, 2.45) is 15.2 Å². The number of halogens is 1. The van der Waals surface area contributed by atoms with Gasteiger partial charge in [0.1, 0.15) is 0 Å². The molecule has 0 bridgehead atoms. The molecule has 2 aliphatic rings. The van der Waals surface area contributed by atoms with Crippen molar-refractivity contribution in [3.8, 4) is 0 Å². The van der Waals surface area contributed by atoms with Crippen molar-refractivity contribution in [2.45, 2.75) is 55.2 Å². The van der Waals surface area contributed by atoms with Crippen molar-refractivity contribution in [3.05, 3.63) is 101 Å². The molecule has 0 radical (unpaired) electrons. The van der Waals surface area contributed by atoms with Gasteiger partial charge in [0.15, 0.2) is 11.0 Å². The fourth-order valence-corrected chi connectivity index (χ4v) is 6.35. The summed E-state index contributed by atoms with van der Waals surface area (Å²) in [5, 5.41) is 11.9. The number of hydrazone groups is 1. The average molecular weight is 600 g/mol. The fourth-order valence-electron chi connectivity index (χ4n) is 4.47. The van der Waals surface area contributed by atoms with Crippen LogP contribution in [0.1, 0.15) is 43.2 Å². The number of aliphatic imine (C=N–C) groups is 1. The predicted molar refractivity (Wildman–Crippen MR) is 163 cm³/mol. The van der Waals surface area contributed by atoms with E-state index in [0.717, 1.165) is 16.8 Å². The number of guanidine groups is 1. The van der Waals surface area contributed by atoms with E-state index in [4.69, 9.17) is 26.8 Å². The highest BCUT2D eigenvalue weighted by molar-refractivity contribution is 7.89. The van der Waals surface area contributed by atoms with Crippen molar-refractivity contribution in [1.29, 1.82) is 0 Å². The second-order valence-corrected chi connectivity index (χ2v) is 13.2. The summed E-state index contributed by atoms with van der Waals surface area (Å²) in [5.41, 5.74) is 2.95. The monoisotopic (exact) mass is 599 g/mol. The highest BCUT2D eigenvalue weighted by Gasteiger charge is 2.30. The first-order valence-electron chi connectivity index (χ1n) is 13.1. The second-order valence-electron chi connectivity index (χ2n) is 9.74. The number of sulfonamides is 1. The summed E-state index contributed by atoms with van der Waals surface area (Å²) in [4.78, 5) is 5.47. The van der Waals surface area contributed by atoms with E-state index in [1.807, 2.05) is 91.9 Å². The van der Waals surface area contributed by atoms with Gasteiger partial charge in [0.25, 0.3) is 0 Å². The molecular formula is C29H34ClN5O3S2. The second kappa shape index (κ2) is 14.0. The highest BCUT2D eigenvalue weighted by atomic mass is 35.5. The smallest absolute Gasteiger partial charge is 0.227 e. The topological polar surface area (TPSA) is 117 Å². The van der Waals surface area contributed by atoms with E-state index < -0.39 is 26.3 Å². The Morgan fingerprint density at radius 2 is 1.55 bits per heavy atom. The Morgan fingerprint density at radius 1 is 0.975 bits per heavy atom. The Hall–Kier alpha value is -3.05. The molecule has 11 heteroatoms. The molecule has 1 fully saturated rings. The summed E-state index contributed by atoms with van der Waals surface area (Å²) in [6, 6.07) is 26.9. The SMILES string of the molecule is Cc1ccc(S(=O)NC(=NC2CCC(S(N)(=O)=O)CC2)N2CCC(c3ccc(Cl)cc3)=N2)cc1.c1ccccc1. The van der Waals surface area contributed by atoms with Crippen LogP contribution in [0.3, 0.4) is 0 Å². The van der Waals surface area contributed by atoms with E-state index >= 15 is 0 Å². The summed E-state index contributed by atoms with van der Waals surface area (Å²) in [5.74, 6) is 0.418. The minimum atomic E-state index is -3.55. The molecule has 8 nitrogen and oxygen atoms in total. The van der Waals surface area contributed by atoms with Crippen LogP contribution in [0.5, 0.6) is 0 Å². The van der Waals surface area contributed by atoms with Crippen LogP contribution in [0.15, 0.2) is 99.9 Å². The van der Waals surface area contributed by atoms with Gasteiger partial charge in [0.05, 0.1) is 28.4 Å². The van der Waals surface area contributed by atoms with E-state index in [0.29, 0.717) is 54.5 Å². The van der Waals surface area contributed by atoms with Crippen molar-refractivity contribution in [2.75, 3.05) is 6.54 Å². The molecule has 5 rings (SSSR count). The third kappa shape index (κ3) is 8.72. The Kier molecular flexibility index (Phi) is 10.5. The number of benzene rings is 3. The number of hydrogen-bond donors (Lipinski definition) is 2. The van der Waals surface area contributed by atoms with Crippen LogP contribution in [0, 0.1) is 6.92 Å². The van der Waals surface area contributed by atoms with Crippen LogP contribution < -0.4 is 9.86 Å². The lowest BCUT2D eigenvalue weighted by Crippen LogP contribution is -2.40. The summed E-state index contributed by atoms with van der Waals surface area (Å²) >= 11 is 6.01. The summed E-state index contributed by atoms with van der Waals surface area (Å²) < 4.78 is 39.5. The van der Waals surface area contributed by atoms with E-state index in [9.17, 15) is 12.6 Å². The highest BCUT2D eigenvalue weighted by Crippen LogP contribution is 2.26. The zero-order valence-corrected chi connectivity index (χ0v) is 24.7. The maximum Gasteiger partial charge on any atom is 0.227 e. The lowest BCUT2D eigenvalue weighted by atomic mass is 9.95. The molecule has 1 unspecified atom stereocenters. The van der Waals surface area contributed by atoms with Crippen molar-refractivity contribution >= 4 is 44.3 Å². The first-order valence-corrected chi connectivity index (χ1v) is 16.3. The van der Waals surface area contributed by atoms with Crippen molar-refractivity contribution < 1.29 is 12.6 Å². The molecule has 0 spiro atoms. The zero-order valence-electron chi connectivity index (χ0n) is 22.3. The van der Waals surface area contributed by atoms with Gasteiger partial charge in [-0.2, -0.15) is 5.10 Å². The van der Waals surface area contributed by atoms with Gasteiger partial charge < -0.3 is 0 Å². The van der Waals surface area contributed by atoms with Crippen LogP contribution in [-0.2, 0) is 21.0 Å². The molecule has 212 valence electrons. The number of primary sulfonamides is 1. The van der Waals surface area contributed by atoms with E-state index in [1.54, 1.807) is 5.01 Å². The largest absolute Gasteiger partial charge is 0.270 e. The fraction of sp³-hybridized carbons (Fsp3) is 0.310. The number of nitrogens with one attached hydrogen (secondary N) is 1. The maximum atomic E-state index is 13.1. The molecule has 1 atom stereocenters. The molecule has 0 aromatic heterocycles. The zero-order chi connectivity index (χ0) is 28.5. The van der Waals surface area contributed by atoms with Crippen LogP contribution in [0.25, 0.3) is 0 Å². The quantitative estimate of drug-likeness (QED) is 0.316. The Morgan fingerprint density at radius 3 is 2.10 bits per heavy atom. The van der Waals surface area contributed by atoms with Gasteiger partial charge in [-0.05, 0) is 62.4 Å². The first-order chi connectivity index (χ1) is 19.2. The molecule has 0 saturated heterocycles. The molecule has 1 aliphatic carbocycles. The molecule has 3 aromatic carbocycles. The first kappa shape index (κ1) is 29.9. The standard InChI is InChI=1S/C23H28ClN5O3S2.C6H6/c1-16-2-10-20(11-3-16)33(30)28-23(26-19-8-12-21(13-9-19)34(25,31)32)29-15-14-22(27-29)17-4-6-18(24)7-5-17;1-2-4-6-5-3-1/h2-7,10-11,19,21H,8-9,12-15H2,1H3,(H,26,28)(H2,25,31,32);1-6H. The molecule has 1 saturated carbocycles. The van der Waals surface area contributed by atoms with Crippen LogP contribution in [-0.4, -0.2) is 47.1 Å². The van der Waals surface area contributed by atoms with Crippen molar-refractivity contribution in [3.63, 3.8) is 0 Å². The number of hydrogen-bond acceptors (Lipinski definition) is 5. The summed E-state index contributed by atoms with van der Waals surface area (Å²) in [6.45, 7) is 2.56. The molecule has 1 aliphatic heterocycles. The van der Waals surface area contributed by atoms with E-state index in [1.165, 1.54) is 0 Å². The van der Waals surface area contributed by atoms with E-state index in [2.05, 4.69) is 4.72 Å². The third-order valence-corrected chi connectivity index (χ3v) is 9.44. The predicted octanol–water partition coefficient (Wildman–Crippen LogP) is 5.01. The Labute approximate surface area is 244 Å². The number of nitrogens with zero attached hydrogens (tertiary/aromatic N) is 3. The lowest BCUT2D eigenvalue weighted by molar-refractivity contribution is 0.420.